The third kappa shape index (κ3) is 2.13. The van der Waals surface area contributed by atoms with Gasteiger partial charge in [0.2, 0.25) is 0 Å². The number of hydrogen-bond acceptors (Lipinski definition) is 3. The van der Waals surface area contributed by atoms with E-state index in [-0.39, 0.29) is 5.56 Å². The molecule has 1 heterocycles. The topological polar surface area (TPSA) is 72.2 Å². The zero-order chi connectivity index (χ0) is 12.5. The van der Waals surface area contributed by atoms with Gasteiger partial charge in [-0.15, -0.1) is 0 Å². The molecule has 0 spiro atoms. The van der Waals surface area contributed by atoms with E-state index in [9.17, 15) is 9.59 Å². The van der Waals surface area contributed by atoms with E-state index in [1.165, 1.54) is 10.9 Å². The summed E-state index contributed by atoms with van der Waals surface area (Å²) in [5.74, 6) is -1.22. The van der Waals surface area contributed by atoms with Crippen molar-refractivity contribution in [2.45, 2.75) is 39.7 Å². The second-order valence-corrected chi connectivity index (χ2v) is 4.61. The summed E-state index contributed by atoms with van der Waals surface area (Å²) in [5, 5.41) is 9.08. The molecular weight excluding hydrogens is 208 g/mol. The average Bonchev–Trinajstić information content (AvgIpc) is 2.15. The summed E-state index contributed by atoms with van der Waals surface area (Å²) in [6, 6.07) is 0. The summed E-state index contributed by atoms with van der Waals surface area (Å²) in [5.41, 5.74) is -0.846. The predicted octanol–water partition coefficient (Wildman–Crippen LogP) is 1.26. The summed E-state index contributed by atoms with van der Waals surface area (Å²) >= 11 is 0. The molecule has 0 radical (unpaired) electrons. The number of rotatable bonds is 2. The van der Waals surface area contributed by atoms with Crippen molar-refractivity contribution in [2.75, 3.05) is 0 Å². The molecular formula is C11H16N2O3. The predicted molar refractivity (Wildman–Crippen MR) is 59.8 cm³/mol. The lowest BCUT2D eigenvalue weighted by Crippen LogP contribution is -2.32. The van der Waals surface area contributed by atoms with Crippen LogP contribution >= 0.6 is 0 Å². The minimum absolute atomic E-state index is 0.225. The van der Waals surface area contributed by atoms with E-state index in [1.54, 1.807) is 6.92 Å². The second-order valence-electron chi connectivity index (χ2n) is 4.61. The van der Waals surface area contributed by atoms with Crippen molar-refractivity contribution in [1.82, 2.24) is 9.55 Å². The molecule has 0 atom stereocenters. The molecule has 0 bridgehead atoms. The van der Waals surface area contributed by atoms with Crippen LogP contribution < -0.4 is 5.56 Å². The van der Waals surface area contributed by atoms with Crippen LogP contribution in [0.5, 0.6) is 0 Å². The van der Waals surface area contributed by atoms with Crippen molar-refractivity contribution < 1.29 is 9.90 Å². The quantitative estimate of drug-likeness (QED) is 0.820. The van der Waals surface area contributed by atoms with Crippen LogP contribution in [-0.2, 0) is 12.0 Å². The highest BCUT2D eigenvalue weighted by molar-refractivity contribution is 5.88. The molecule has 0 aromatic carbocycles. The maximum atomic E-state index is 11.9. The molecule has 5 heteroatoms. The summed E-state index contributed by atoms with van der Waals surface area (Å²) in [4.78, 5) is 27.0. The van der Waals surface area contributed by atoms with Gasteiger partial charge in [-0.3, -0.25) is 9.36 Å². The fourth-order valence-electron chi connectivity index (χ4n) is 1.48. The van der Waals surface area contributed by atoms with Crippen molar-refractivity contribution in [2.24, 2.45) is 0 Å². The van der Waals surface area contributed by atoms with Crippen molar-refractivity contribution in [1.29, 1.82) is 0 Å². The van der Waals surface area contributed by atoms with Gasteiger partial charge in [0.25, 0.3) is 5.56 Å². The Hall–Kier alpha value is -1.65. The third-order valence-corrected chi connectivity index (χ3v) is 2.30. The lowest BCUT2D eigenvalue weighted by Gasteiger charge is -2.20. The molecule has 0 unspecified atom stereocenters. The largest absolute Gasteiger partial charge is 0.477 e. The number of carbonyl (C=O) groups is 1. The molecule has 88 valence electrons. The van der Waals surface area contributed by atoms with E-state index in [4.69, 9.17) is 5.11 Å². The molecule has 5 nitrogen and oxygen atoms in total. The molecule has 1 N–H and O–H groups in total. The Labute approximate surface area is 93.8 Å². The molecule has 0 aliphatic rings. The Bertz CT molecular complexity index is 469. The van der Waals surface area contributed by atoms with Gasteiger partial charge in [-0.1, -0.05) is 20.8 Å². The number of aromatic carboxylic acids is 1. The molecule has 0 aliphatic carbocycles. The summed E-state index contributed by atoms with van der Waals surface area (Å²) < 4.78 is 1.29. The second kappa shape index (κ2) is 4.08. The highest BCUT2D eigenvalue weighted by Gasteiger charge is 2.26. The van der Waals surface area contributed by atoms with Crippen LogP contribution in [0.15, 0.2) is 11.1 Å². The van der Waals surface area contributed by atoms with Crippen LogP contribution in [0.2, 0.25) is 0 Å². The maximum absolute atomic E-state index is 11.9. The monoisotopic (exact) mass is 224 g/mol. The summed E-state index contributed by atoms with van der Waals surface area (Å²) in [6.45, 7) is 7.68. The number of aromatic nitrogens is 2. The average molecular weight is 224 g/mol. The van der Waals surface area contributed by atoms with Crippen molar-refractivity contribution in [3.63, 3.8) is 0 Å². The van der Waals surface area contributed by atoms with Gasteiger partial charge in [0.05, 0.1) is 12.0 Å². The molecule has 0 aliphatic heterocycles. The Morgan fingerprint density at radius 1 is 1.50 bits per heavy atom. The van der Waals surface area contributed by atoms with Gasteiger partial charge in [0.15, 0.2) is 0 Å². The number of hydrogen-bond donors (Lipinski definition) is 1. The van der Waals surface area contributed by atoms with Gasteiger partial charge in [0, 0.05) is 12.0 Å². The first kappa shape index (κ1) is 12.4. The lowest BCUT2D eigenvalue weighted by atomic mass is 9.89. The number of aryl methyl sites for hydroxylation is 1. The molecule has 0 amide bonds. The van der Waals surface area contributed by atoms with Gasteiger partial charge >= 0.3 is 5.97 Å². The van der Waals surface area contributed by atoms with E-state index < -0.39 is 16.9 Å². The fourth-order valence-corrected chi connectivity index (χ4v) is 1.48. The SMILES string of the molecule is CCn1cnc(C(C)(C)C)c(C(=O)O)c1=O. The van der Waals surface area contributed by atoms with Gasteiger partial charge < -0.3 is 5.11 Å². The number of nitrogens with zero attached hydrogens (tertiary/aromatic N) is 2. The van der Waals surface area contributed by atoms with Crippen LogP contribution in [0.1, 0.15) is 43.7 Å². The van der Waals surface area contributed by atoms with Crippen LogP contribution in [0, 0.1) is 0 Å². The zero-order valence-electron chi connectivity index (χ0n) is 9.94. The highest BCUT2D eigenvalue weighted by Crippen LogP contribution is 2.21. The molecule has 0 saturated carbocycles. The number of carboxylic acid groups (broad SMARTS) is 1. The Balaban J connectivity index is 3.61. The van der Waals surface area contributed by atoms with Crippen LogP contribution in [0.3, 0.4) is 0 Å². The van der Waals surface area contributed by atoms with Crippen molar-refractivity contribution in [3.8, 4) is 0 Å². The Kier molecular flexibility index (Phi) is 3.16. The van der Waals surface area contributed by atoms with Gasteiger partial charge in [0.1, 0.15) is 5.56 Å². The molecule has 0 fully saturated rings. The van der Waals surface area contributed by atoms with Crippen molar-refractivity contribution in [3.05, 3.63) is 27.9 Å². The maximum Gasteiger partial charge on any atom is 0.343 e. The minimum Gasteiger partial charge on any atom is -0.477 e. The van der Waals surface area contributed by atoms with Gasteiger partial charge in [-0.2, -0.15) is 0 Å². The molecule has 16 heavy (non-hydrogen) atoms. The highest BCUT2D eigenvalue weighted by atomic mass is 16.4. The van der Waals surface area contributed by atoms with E-state index in [2.05, 4.69) is 4.98 Å². The van der Waals surface area contributed by atoms with E-state index in [0.29, 0.717) is 12.2 Å². The van der Waals surface area contributed by atoms with Crippen molar-refractivity contribution >= 4 is 5.97 Å². The van der Waals surface area contributed by atoms with Gasteiger partial charge in [-0.25, -0.2) is 9.78 Å². The fraction of sp³-hybridized carbons (Fsp3) is 0.545. The van der Waals surface area contributed by atoms with Crippen LogP contribution in [0.25, 0.3) is 0 Å². The third-order valence-electron chi connectivity index (χ3n) is 2.30. The Morgan fingerprint density at radius 3 is 2.44 bits per heavy atom. The van der Waals surface area contributed by atoms with E-state index in [0.717, 1.165) is 0 Å². The zero-order valence-corrected chi connectivity index (χ0v) is 9.94. The standard InChI is InChI=1S/C11H16N2O3/c1-5-13-6-12-8(11(2,3)4)7(9(13)14)10(15)16/h6H,5H2,1-4H3,(H,15,16). The van der Waals surface area contributed by atoms with Gasteiger partial charge in [-0.05, 0) is 6.92 Å². The first-order chi connectivity index (χ1) is 7.29. The van der Waals surface area contributed by atoms with E-state index >= 15 is 0 Å². The first-order valence-electron chi connectivity index (χ1n) is 5.12. The first-order valence-corrected chi connectivity index (χ1v) is 5.12. The summed E-state index contributed by atoms with van der Waals surface area (Å²) in [6.07, 6.45) is 1.40. The Morgan fingerprint density at radius 2 is 2.06 bits per heavy atom. The van der Waals surface area contributed by atoms with E-state index in [1.807, 2.05) is 20.8 Å². The van der Waals surface area contributed by atoms with Crippen LogP contribution in [-0.4, -0.2) is 20.6 Å². The lowest BCUT2D eigenvalue weighted by molar-refractivity contribution is 0.0690. The molecule has 1 aromatic rings. The summed E-state index contributed by atoms with van der Waals surface area (Å²) in [7, 11) is 0. The molecule has 1 aromatic heterocycles. The number of carboxylic acids is 1. The molecule has 1 rings (SSSR count). The van der Waals surface area contributed by atoms with Crippen LogP contribution in [0.4, 0.5) is 0 Å². The smallest absolute Gasteiger partial charge is 0.343 e. The molecule has 0 saturated heterocycles. The minimum atomic E-state index is -1.22. The normalized spacial score (nSPS) is 11.5.